The molecule has 1 heteroatoms. The van der Waals surface area contributed by atoms with Crippen molar-refractivity contribution >= 4 is 0 Å². The highest BCUT2D eigenvalue weighted by molar-refractivity contribution is 5.37. The van der Waals surface area contributed by atoms with Gasteiger partial charge in [-0.2, -0.15) is 0 Å². The molecule has 68 valence electrons. The maximum Gasteiger partial charge on any atom is 0.0465 e. The highest BCUT2D eigenvalue weighted by atomic mass is 16.3. The monoisotopic (exact) mass is 174 g/mol. The molecule has 0 aromatic heterocycles. The Morgan fingerprint density at radius 3 is 2.31 bits per heavy atom. The van der Waals surface area contributed by atoms with Crippen molar-refractivity contribution in [3.63, 3.8) is 0 Å². The van der Waals surface area contributed by atoms with Gasteiger partial charge >= 0.3 is 0 Å². The summed E-state index contributed by atoms with van der Waals surface area (Å²) in [6.45, 7) is 0.383. The van der Waals surface area contributed by atoms with Crippen molar-refractivity contribution in [1.29, 1.82) is 0 Å². The van der Waals surface area contributed by atoms with Crippen LogP contribution in [-0.2, 0) is 12.8 Å². The van der Waals surface area contributed by atoms with Crippen LogP contribution < -0.4 is 0 Å². The van der Waals surface area contributed by atoms with Crippen molar-refractivity contribution in [3.8, 4) is 0 Å². The third kappa shape index (κ3) is 0.969. The SMILES string of the molecule is OC[C@H]1CC12Cc1ccccc1C2. The van der Waals surface area contributed by atoms with Gasteiger partial charge in [-0.1, -0.05) is 24.3 Å². The lowest BCUT2D eigenvalue weighted by molar-refractivity contribution is 0.251. The Bertz CT molecular complexity index is 318. The molecule has 1 N–H and O–H groups in total. The third-order valence-electron chi connectivity index (χ3n) is 3.78. The van der Waals surface area contributed by atoms with Crippen LogP contribution in [0.4, 0.5) is 0 Å². The predicted octanol–water partition coefficient (Wildman–Crippen LogP) is 1.78. The number of hydrogen-bond donors (Lipinski definition) is 1. The van der Waals surface area contributed by atoms with E-state index in [1.165, 1.54) is 30.4 Å². The quantitative estimate of drug-likeness (QED) is 0.688. The van der Waals surface area contributed by atoms with Crippen LogP contribution in [0.1, 0.15) is 17.5 Å². The highest BCUT2D eigenvalue weighted by Crippen LogP contribution is 2.60. The molecular weight excluding hydrogens is 160 g/mol. The summed E-state index contributed by atoms with van der Waals surface area (Å²) in [7, 11) is 0. The van der Waals surface area contributed by atoms with E-state index in [1.54, 1.807) is 0 Å². The Labute approximate surface area is 78.4 Å². The number of aliphatic hydroxyl groups excluding tert-OH is 1. The van der Waals surface area contributed by atoms with E-state index in [0.29, 0.717) is 17.9 Å². The van der Waals surface area contributed by atoms with Crippen molar-refractivity contribution < 1.29 is 5.11 Å². The van der Waals surface area contributed by atoms with Crippen LogP contribution in [0, 0.1) is 11.3 Å². The fourth-order valence-corrected chi connectivity index (χ4v) is 2.85. The predicted molar refractivity (Wildman–Crippen MR) is 51.5 cm³/mol. The van der Waals surface area contributed by atoms with Gasteiger partial charge in [0.2, 0.25) is 0 Å². The van der Waals surface area contributed by atoms with Crippen LogP contribution >= 0.6 is 0 Å². The van der Waals surface area contributed by atoms with Crippen molar-refractivity contribution in [3.05, 3.63) is 35.4 Å². The van der Waals surface area contributed by atoms with Gasteiger partial charge in [0.05, 0.1) is 0 Å². The van der Waals surface area contributed by atoms with Gasteiger partial charge in [-0.15, -0.1) is 0 Å². The lowest BCUT2D eigenvalue weighted by Crippen LogP contribution is -2.05. The molecule has 1 fully saturated rings. The van der Waals surface area contributed by atoms with Crippen LogP contribution in [0.15, 0.2) is 24.3 Å². The van der Waals surface area contributed by atoms with Gasteiger partial charge in [-0.3, -0.25) is 0 Å². The largest absolute Gasteiger partial charge is 0.396 e. The number of rotatable bonds is 1. The van der Waals surface area contributed by atoms with Gasteiger partial charge in [0.1, 0.15) is 0 Å². The Morgan fingerprint density at radius 1 is 1.23 bits per heavy atom. The number of benzene rings is 1. The molecule has 2 aliphatic carbocycles. The first-order valence-corrected chi connectivity index (χ1v) is 5.02. The molecule has 0 bridgehead atoms. The second-order valence-corrected chi connectivity index (χ2v) is 4.57. The molecule has 0 radical (unpaired) electrons. The Morgan fingerprint density at radius 2 is 1.85 bits per heavy atom. The first kappa shape index (κ1) is 7.57. The summed E-state index contributed by atoms with van der Waals surface area (Å²) in [6.07, 6.45) is 3.64. The normalized spacial score (nSPS) is 27.6. The molecule has 3 rings (SSSR count). The van der Waals surface area contributed by atoms with Gasteiger partial charge in [0, 0.05) is 6.61 Å². The lowest BCUT2D eigenvalue weighted by Gasteiger charge is -2.04. The number of hydrogen-bond acceptors (Lipinski definition) is 1. The minimum absolute atomic E-state index is 0.383. The average Bonchev–Trinajstić information content (AvgIpc) is 2.69. The molecule has 0 aliphatic heterocycles. The topological polar surface area (TPSA) is 20.2 Å². The molecule has 0 saturated heterocycles. The van der Waals surface area contributed by atoms with Crippen LogP contribution in [0.2, 0.25) is 0 Å². The zero-order valence-corrected chi connectivity index (χ0v) is 7.66. The van der Waals surface area contributed by atoms with E-state index in [2.05, 4.69) is 24.3 Å². The van der Waals surface area contributed by atoms with E-state index in [1.807, 2.05) is 0 Å². The molecule has 1 saturated carbocycles. The fraction of sp³-hybridized carbons (Fsp3) is 0.500. The van der Waals surface area contributed by atoms with E-state index in [4.69, 9.17) is 5.11 Å². The minimum Gasteiger partial charge on any atom is -0.396 e. The van der Waals surface area contributed by atoms with Gasteiger partial charge in [-0.25, -0.2) is 0 Å². The summed E-state index contributed by atoms with van der Waals surface area (Å²) in [5.41, 5.74) is 3.50. The number of fused-ring (bicyclic) bond motifs is 1. The van der Waals surface area contributed by atoms with Crippen LogP contribution in [-0.4, -0.2) is 11.7 Å². The average molecular weight is 174 g/mol. The van der Waals surface area contributed by atoms with Gasteiger partial charge in [0.25, 0.3) is 0 Å². The summed E-state index contributed by atoms with van der Waals surface area (Å²) < 4.78 is 0. The van der Waals surface area contributed by atoms with Crippen molar-refractivity contribution in [2.24, 2.45) is 11.3 Å². The molecule has 0 amide bonds. The Kier molecular flexibility index (Phi) is 1.37. The zero-order chi connectivity index (χ0) is 8.89. The van der Waals surface area contributed by atoms with Crippen LogP contribution in [0.25, 0.3) is 0 Å². The maximum atomic E-state index is 9.11. The van der Waals surface area contributed by atoms with Crippen molar-refractivity contribution in [1.82, 2.24) is 0 Å². The molecule has 0 heterocycles. The third-order valence-corrected chi connectivity index (χ3v) is 3.78. The second kappa shape index (κ2) is 2.36. The van der Waals surface area contributed by atoms with E-state index in [9.17, 15) is 0 Å². The van der Waals surface area contributed by atoms with Crippen LogP contribution in [0.5, 0.6) is 0 Å². The molecule has 0 unspecified atom stereocenters. The van der Waals surface area contributed by atoms with E-state index in [0.717, 1.165) is 0 Å². The Balaban J connectivity index is 1.91. The van der Waals surface area contributed by atoms with E-state index >= 15 is 0 Å². The van der Waals surface area contributed by atoms with Crippen LogP contribution in [0.3, 0.4) is 0 Å². The molecular formula is C12H14O. The molecule has 2 aliphatic rings. The van der Waals surface area contributed by atoms with Gasteiger partial charge in [-0.05, 0) is 41.7 Å². The maximum absolute atomic E-state index is 9.11. The molecule has 1 atom stereocenters. The summed E-state index contributed by atoms with van der Waals surface area (Å²) in [5, 5.41) is 9.11. The van der Waals surface area contributed by atoms with Crippen molar-refractivity contribution in [2.45, 2.75) is 19.3 Å². The van der Waals surface area contributed by atoms with Crippen molar-refractivity contribution in [2.75, 3.05) is 6.61 Å². The molecule has 13 heavy (non-hydrogen) atoms. The van der Waals surface area contributed by atoms with E-state index in [-0.39, 0.29) is 0 Å². The van der Waals surface area contributed by atoms with E-state index < -0.39 is 0 Å². The molecule has 1 aromatic carbocycles. The molecule has 1 spiro atoms. The first-order chi connectivity index (χ1) is 6.34. The summed E-state index contributed by atoms with van der Waals surface area (Å²) in [6, 6.07) is 8.70. The molecule has 1 nitrogen and oxygen atoms in total. The fourth-order valence-electron chi connectivity index (χ4n) is 2.85. The molecule has 1 aromatic rings. The van der Waals surface area contributed by atoms with Gasteiger partial charge < -0.3 is 5.11 Å². The first-order valence-electron chi connectivity index (χ1n) is 5.02. The standard InChI is InChI=1S/C12H14O/c13-8-11-7-12(11)5-9-3-1-2-4-10(9)6-12/h1-4,11,13H,5-8H2/t11-/m1/s1. The number of aliphatic hydroxyl groups is 1. The lowest BCUT2D eigenvalue weighted by atomic mass is 10.0. The summed E-state index contributed by atoms with van der Waals surface area (Å²) >= 11 is 0. The Hall–Kier alpha value is -0.820. The van der Waals surface area contributed by atoms with Gasteiger partial charge in [0.15, 0.2) is 0 Å². The smallest absolute Gasteiger partial charge is 0.0465 e. The zero-order valence-electron chi connectivity index (χ0n) is 7.66. The minimum atomic E-state index is 0.383. The summed E-state index contributed by atoms with van der Waals surface area (Å²) in [5.74, 6) is 0.583. The summed E-state index contributed by atoms with van der Waals surface area (Å²) in [4.78, 5) is 0. The highest BCUT2D eigenvalue weighted by Gasteiger charge is 2.55. The second-order valence-electron chi connectivity index (χ2n) is 4.57.